The Hall–Kier alpha value is -2.70. The summed E-state index contributed by atoms with van der Waals surface area (Å²) in [4.78, 5) is 51.7. The average Bonchev–Trinajstić information content (AvgIpc) is 2.93. The van der Waals surface area contributed by atoms with Crippen molar-refractivity contribution < 1.29 is 23.9 Å². The summed E-state index contributed by atoms with van der Waals surface area (Å²) in [7, 11) is 0. The number of nitrogens with zero attached hydrogens (tertiary/aromatic N) is 2. The fourth-order valence-electron chi connectivity index (χ4n) is 3.16. The summed E-state index contributed by atoms with van der Waals surface area (Å²) in [5, 5.41) is 0. The Bertz CT molecular complexity index is 696. The number of hydrogen-bond donors (Lipinski definition) is 0. The summed E-state index contributed by atoms with van der Waals surface area (Å²) in [6.45, 7) is 5.22. The number of fused-ring (bicyclic) bond motifs is 1. The van der Waals surface area contributed by atoms with E-state index < -0.39 is 0 Å². The molecular formula is C21H28N2O5. The van der Waals surface area contributed by atoms with Crippen molar-refractivity contribution >= 4 is 23.7 Å². The minimum Gasteiger partial charge on any atom is -0.466 e. The fourth-order valence-corrected chi connectivity index (χ4v) is 3.16. The molecule has 2 rings (SSSR count). The highest BCUT2D eigenvalue weighted by molar-refractivity contribution is 6.21. The van der Waals surface area contributed by atoms with Crippen LogP contribution in [-0.2, 0) is 14.3 Å². The summed E-state index contributed by atoms with van der Waals surface area (Å²) in [6.07, 6.45) is 2.58. The van der Waals surface area contributed by atoms with Crippen molar-refractivity contribution in [2.45, 2.75) is 46.0 Å². The number of imide groups is 1. The number of amides is 3. The van der Waals surface area contributed by atoms with Crippen LogP contribution in [0.3, 0.4) is 0 Å². The van der Waals surface area contributed by atoms with Crippen LogP contribution in [0.15, 0.2) is 24.3 Å². The van der Waals surface area contributed by atoms with Crippen LogP contribution in [0, 0.1) is 0 Å². The van der Waals surface area contributed by atoms with E-state index in [0.717, 1.165) is 12.8 Å². The Balaban J connectivity index is 1.85. The molecule has 0 aromatic heterocycles. The Morgan fingerprint density at radius 1 is 0.964 bits per heavy atom. The molecule has 1 heterocycles. The zero-order chi connectivity index (χ0) is 20.5. The quantitative estimate of drug-likeness (QED) is 0.430. The Labute approximate surface area is 165 Å². The molecule has 0 unspecified atom stereocenters. The van der Waals surface area contributed by atoms with Crippen LogP contribution in [0.1, 0.15) is 66.7 Å². The molecule has 7 heteroatoms. The summed E-state index contributed by atoms with van der Waals surface area (Å²) < 4.78 is 4.92. The molecular weight excluding hydrogens is 360 g/mol. The van der Waals surface area contributed by atoms with Gasteiger partial charge >= 0.3 is 5.97 Å². The molecule has 0 radical (unpaired) electrons. The molecule has 0 fully saturated rings. The Kier molecular flexibility index (Phi) is 8.17. The van der Waals surface area contributed by atoms with Crippen molar-refractivity contribution in [3.63, 3.8) is 0 Å². The molecule has 0 N–H and O–H groups in total. The second-order valence-corrected chi connectivity index (χ2v) is 6.70. The van der Waals surface area contributed by atoms with E-state index in [4.69, 9.17) is 4.74 Å². The lowest BCUT2D eigenvalue weighted by molar-refractivity contribution is -0.144. The van der Waals surface area contributed by atoms with E-state index >= 15 is 0 Å². The van der Waals surface area contributed by atoms with Gasteiger partial charge in [-0.25, -0.2) is 0 Å². The molecule has 1 aromatic carbocycles. The van der Waals surface area contributed by atoms with Crippen molar-refractivity contribution in [2.75, 3.05) is 26.2 Å². The van der Waals surface area contributed by atoms with Gasteiger partial charge in [-0.2, -0.15) is 0 Å². The molecule has 0 aliphatic carbocycles. The molecule has 3 amide bonds. The van der Waals surface area contributed by atoms with Crippen LogP contribution in [0.2, 0.25) is 0 Å². The molecule has 0 bridgehead atoms. The molecule has 1 aliphatic rings. The van der Waals surface area contributed by atoms with Crippen molar-refractivity contribution in [2.24, 2.45) is 0 Å². The van der Waals surface area contributed by atoms with Gasteiger partial charge in [0, 0.05) is 26.1 Å². The summed E-state index contributed by atoms with van der Waals surface area (Å²) in [5.74, 6) is -1.01. The van der Waals surface area contributed by atoms with E-state index in [1.54, 1.807) is 36.1 Å². The zero-order valence-electron chi connectivity index (χ0n) is 16.6. The van der Waals surface area contributed by atoms with E-state index in [1.165, 1.54) is 4.90 Å². The number of unbranched alkanes of at least 4 members (excludes halogenated alkanes) is 1. The Morgan fingerprint density at radius 2 is 1.61 bits per heavy atom. The summed E-state index contributed by atoms with van der Waals surface area (Å²) in [6, 6.07) is 6.74. The third-order valence-electron chi connectivity index (χ3n) is 4.68. The van der Waals surface area contributed by atoms with E-state index in [1.807, 2.05) is 6.92 Å². The number of carbonyl (C=O) groups is 4. The first kappa shape index (κ1) is 21.6. The maximum absolute atomic E-state index is 12.6. The van der Waals surface area contributed by atoms with Crippen LogP contribution < -0.4 is 0 Å². The van der Waals surface area contributed by atoms with Gasteiger partial charge in [0.15, 0.2) is 0 Å². The number of ether oxygens (including phenoxy) is 1. The van der Waals surface area contributed by atoms with Gasteiger partial charge in [-0.3, -0.25) is 24.1 Å². The maximum Gasteiger partial charge on any atom is 0.307 e. The van der Waals surface area contributed by atoms with E-state index in [9.17, 15) is 19.2 Å². The van der Waals surface area contributed by atoms with Crippen LogP contribution in [0.4, 0.5) is 0 Å². The predicted octanol–water partition coefficient (Wildman–Crippen LogP) is 2.64. The molecule has 0 atom stereocenters. The van der Waals surface area contributed by atoms with Crippen molar-refractivity contribution in [3.8, 4) is 0 Å². The number of rotatable bonds is 11. The molecule has 152 valence electrons. The van der Waals surface area contributed by atoms with Crippen molar-refractivity contribution in [1.29, 1.82) is 0 Å². The van der Waals surface area contributed by atoms with Crippen molar-refractivity contribution in [1.82, 2.24) is 9.80 Å². The molecule has 1 aromatic rings. The van der Waals surface area contributed by atoms with E-state index in [-0.39, 0.29) is 43.1 Å². The van der Waals surface area contributed by atoms with Gasteiger partial charge in [0.2, 0.25) is 5.91 Å². The largest absolute Gasteiger partial charge is 0.466 e. The number of esters is 1. The van der Waals surface area contributed by atoms with Gasteiger partial charge in [0.1, 0.15) is 0 Å². The molecule has 0 saturated heterocycles. The topological polar surface area (TPSA) is 84.0 Å². The van der Waals surface area contributed by atoms with Gasteiger partial charge in [-0.05, 0) is 31.9 Å². The average molecular weight is 388 g/mol. The summed E-state index contributed by atoms with van der Waals surface area (Å²) >= 11 is 0. The lowest BCUT2D eigenvalue weighted by Gasteiger charge is -2.23. The third-order valence-corrected chi connectivity index (χ3v) is 4.68. The van der Waals surface area contributed by atoms with Gasteiger partial charge in [0.05, 0.1) is 24.2 Å². The van der Waals surface area contributed by atoms with Gasteiger partial charge < -0.3 is 9.64 Å². The van der Waals surface area contributed by atoms with E-state index in [2.05, 4.69) is 0 Å². The fraction of sp³-hybridized carbons (Fsp3) is 0.524. The number of carbonyl (C=O) groups excluding carboxylic acids is 4. The van der Waals surface area contributed by atoms with Gasteiger partial charge in [-0.1, -0.05) is 25.5 Å². The lowest BCUT2D eigenvalue weighted by Crippen LogP contribution is -2.35. The molecule has 1 aliphatic heterocycles. The molecule has 0 saturated carbocycles. The number of hydrogen-bond acceptors (Lipinski definition) is 5. The van der Waals surface area contributed by atoms with Crippen LogP contribution in [0.25, 0.3) is 0 Å². The summed E-state index contributed by atoms with van der Waals surface area (Å²) in [5.41, 5.74) is 0.829. The van der Waals surface area contributed by atoms with Crippen LogP contribution >= 0.6 is 0 Å². The second-order valence-electron chi connectivity index (χ2n) is 6.70. The highest BCUT2D eigenvalue weighted by Crippen LogP contribution is 2.22. The Morgan fingerprint density at radius 3 is 2.18 bits per heavy atom. The second kappa shape index (κ2) is 10.6. The SMILES string of the molecule is CCCCN(CCC(=O)OCC)C(=O)CCCN1C(=O)c2ccccc2C1=O. The molecule has 28 heavy (non-hydrogen) atoms. The molecule has 7 nitrogen and oxygen atoms in total. The number of benzene rings is 1. The van der Waals surface area contributed by atoms with E-state index in [0.29, 0.717) is 37.2 Å². The highest BCUT2D eigenvalue weighted by Gasteiger charge is 2.34. The van der Waals surface area contributed by atoms with Crippen LogP contribution in [-0.4, -0.2) is 59.7 Å². The van der Waals surface area contributed by atoms with Gasteiger partial charge in [0.25, 0.3) is 11.8 Å². The minimum atomic E-state index is -0.317. The highest BCUT2D eigenvalue weighted by atomic mass is 16.5. The normalized spacial score (nSPS) is 12.9. The third kappa shape index (κ3) is 5.41. The standard InChI is InChI=1S/C21H28N2O5/c1-3-5-13-22(15-12-19(25)28-4-2)18(24)11-8-14-23-20(26)16-9-6-7-10-17(16)21(23)27/h6-7,9-10H,3-5,8,11-15H2,1-2H3. The first-order valence-corrected chi connectivity index (χ1v) is 9.88. The van der Waals surface area contributed by atoms with Crippen LogP contribution in [0.5, 0.6) is 0 Å². The predicted molar refractivity (Wildman–Crippen MR) is 104 cm³/mol. The zero-order valence-corrected chi connectivity index (χ0v) is 16.6. The molecule has 0 spiro atoms. The lowest BCUT2D eigenvalue weighted by atomic mass is 10.1. The maximum atomic E-state index is 12.6. The van der Waals surface area contributed by atoms with Crippen molar-refractivity contribution in [3.05, 3.63) is 35.4 Å². The first-order chi connectivity index (χ1) is 13.5. The van der Waals surface area contributed by atoms with Gasteiger partial charge in [-0.15, -0.1) is 0 Å². The minimum absolute atomic E-state index is 0.0747. The monoisotopic (exact) mass is 388 g/mol. The smallest absolute Gasteiger partial charge is 0.307 e. The first-order valence-electron chi connectivity index (χ1n) is 9.88.